The third-order valence-corrected chi connectivity index (χ3v) is 2.20. The van der Waals surface area contributed by atoms with Crippen LogP contribution in [0, 0.1) is 0 Å². The Labute approximate surface area is 74.1 Å². The lowest BCUT2D eigenvalue weighted by molar-refractivity contribution is 0.273. The van der Waals surface area contributed by atoms with Crippen LogP contribution in [-0.4, -0.2) is 11.7 Å². The molecule has 1 unspecified atom stereocenters. The summed E-state index contributed by atoms with van der Waals surface area (Å²) < 4.78 is 0. The molecule has 0 fully saturated rings. The van der Waals surface area contributed by atoms with Gasteiger partial charge < -0.3 is 5.11 Å². The maximum Gasteiger partial charge on any atom is 0.0497 e. The lowest BCUT2D eigenvalue weighted by Crippen LogP contribution is -1.99. The van der Waals surface area contributed by atoms with Crippen molar-refractivity contribution in [3.8, 4) is 0 Å². The van der Waals surface area contributed by atoms with Gasteiger partial charge in [0.05, 0.1) is 0 Å². The molecule has 1 aromatic rings. The van der Waals surface area contributed by atoms with Gasteiger partial charge in [-0.3, -0.25) is 0 Å². The summed E-state index contributed by atoms with van der Waals surface area (Å²) in [5.41, 5.74) is 2.57. The van der Waals surface area contributed by atoms with Gasteiger partial charge in [0, 0.05) is 12.5 Å². The normalized spacial score (nSPS) is 12.9. The molecule has 1 rings (SSSR count). The minimum absolute atomic E-state index is 0.229. The zero-order chi connectivity index (χ0) is 8.97. The Morgan fingerprint density at radius 2 is 2.17 bits per heavy atom. The van der Waals surface area contributed by atoms with Crippen LogP contribution in [0.1, 0.15) is 30.9 Å². The minimum atomic E-state index is 0.229. The second-order valence-corrected chi connectivity index (χ2v) is 3.18. The van der Waals surface area contributed by atoms with Gasteiger partial charge in [-0.25, -0.2) is 0 Å². The van der Waals surface area contributed by atoms with Gasteiger partial charge in [0.25, 0.3) is 0 Å². The zero-order valence-corrected chi connectivity index (χ0v) is 7.75. The van der Waals surface area contributed by atoms with Crippen molar-refractivity contribution >= 4 is 0 Å². The van der Waals surface area contributed by atoms with E-state index in [1.807, 2.05) is 6.92 Å². The summed E-state index contributed by atoms with van der Waals surface area (Å²) >= 11 is 0. The van der Waals surface area contributed by atoms with E-state index in [0.29, 0.717) is 0 Å². The zero-order valence-electron chi connectivity index (χ0n) is 7.75. The number of aliphatic hydroxyl groups excluding tert-OH is 1. The van der Waals surface area contributed by atoms with Crippen molar-refractivity contribution in [2.75, 3.05) is 6.61 Å². The van der Waals surface area contributed by atoms with Crippen molar-refractivity contribution in [3.05, 3.63) is 35.4 Å². The summed E-state index contributed by atoms with van der Waals surface area (Å²) in [5.74, 6) is 0.261. The number of rotatable bonds is 3. The Hall–Kier alpha value is -0.820. The summed E-state index contributed by atoms with van der Waals surface area (Å²) in [5, 5.41) is 8.95. The molecule has 0 amide bonds. The third-order valence-electron chi connectivity index (χ3n) is 2.20. The van der Waals surface area contributed by atoms with Gasteiger partial charge in [0.2, 0.25) is 0 Å². The molecule has 0 saturated heterocycles. The lowest BCUT2D eigenvalue weighted by Gasteiger charge is -2.08. The molecule has 0 aromatic heterocycles. The molecule has 1 atom stereocenters. The first-order valence-corrected chi connectivity index (χ1v) is 4.47. The Morgan fingerprint density at radius 1 is 1.42 bits per heavy atom. The van der Waals surface area contributed by atoms with Crippen molar-refractivity contribution in [1.29, 1.82) is 0 Å². The Morgan fingerprint density at radius 3 is 2.75 bits per heavy atom. The summed E-state index contributed by atoms with van der Waals surface area (Å²) in [7, 11) is 0. The second kappa shape index (κ2) is 4.27. The van der Waals surface area contributed by atoms with E-state index in [1.165, 1.54) is 11.1 Å². The van der Waals surface area contributed by atoms with Crippen LogP contribution in [0.15, 0.2) is 24.3 Å². The van der Waals surface area contributed by atoms with Crippen LogP contribution in [0.4, 0.5) is 0 Å². The third kappa shape index (κ3) is 2.08. The van der Waals surface area contributed by atoms with E-state index >= 15 is 0 Å². The molecular formula is C11H16O. The number of hydrogen-bond donors (Lipinski definition) is 1. The van der Waals surface area contributed by atoms with Crippen molar-refractivity contribution in [2.45, 2.75) is 26.2 Å². The van der Waals surface area contributed by atoms with Crippen LogP contribution < -0.4 is 0 Å². The summed E-state index contributed by atoms with van der Waals surface area (Å²) in [4.78, 5) is 0. The summed E-state index contributed by atoms with van der Waals surface area (Å²) in [6, 6.07) is 8.41. The monoisotopic (exact) mass is 164 g/mol. The maximum atomic E-state index is 8.95. The standard InChI is InChI=1S/C11H16O/c1-3-10-5-4-6-11(7-10)9(2)8-12/h4-7,9,12H,3,8H2,1-2H3. The second-order valence-electron chi connectivity index (χ2n) is 3.18. The highest BCUT2D eigenvalue weighted by Gasteiger charge is 2.02. The van der Waals surface area contributed by atoms with E-state index in [9.17, 15) is 0 Å². The molecule has 0 bridgehead atoms. The highest BCUT2D eigenvalue weighted by Crippen LogP contribution is 2.15. The van der Waals surface area contributed by atoms with Gasteiger partial charge in [0.1, 0.15) is 0 Å². The maximum absolute atomic E-state index is 8.95. The number of hydrogen-bond acceptors (Lipinski definition) is 1. The van der Waals surface area contributed by atoms with Gasteiger partial charge in [0.15, 0.2) is 0 Å². The Balaban J connectivity index is 2.86. The molecule has 0 spiro atoms. The summed E-state index contributed by atoms with van der Waals surface area (Å²) in [6.07, 6.45) is 1.06. The van der Waals surface area contributed by atoms with E-state index in [-0.39, 0.29) is 12.5 Å². The Kier molecular flexibility index (Phi) is 3.30. The quantitative estimate of drug-likeness (QED) is 0.727. The van der Waals surface area contributed by atoms with Gasteiger partial charge in [-0.15, -0.1) is 0 Å². The van der Waals surface area contributed by atoms with Gasteiger partial charge in [-0.2, -0.15) is 0 Å². The molecule has 0 aliphatic rings. The molecule has 0 saturated carbocycles. The molecule has 0 heterocycles. The molecule has 1 N–H and O–H groups in total. The van der Waals surface area contributed by atoms with Crippen LogP contribution >= 0.6 is 0 Å². The molecule has 66 valence electrons. The van der Waals surface area contributed by atoms with Gasteiger partial charge in [-0.1, -0.05) is 38.1 Å². The van der Waals surface area contributed by atoms with Crippen molar-refractivity contribution in [3.63, 3.8) is 0 Å². The minimum Gasteiger partial charge on any atom is -0.396 e. The fourth-order valence-corrected chi connectivity index (χ4v) is 1.22. The topological polar surface area (TPSA) is 20.2 Å². The first-order valence-electron chi connectivity index (χ1n) is 4.47. The SMILES string of the molecule is CCc1cccc(C(C)CO)c1. The largest absolute Gasteiger partial charge is 0.396 e. The van der Waals surface area contributed by atoms with Crippen LogP contribution in [0.5, 0.6) is 0 Å². The number of aryl methyl sites for hydroxylation is 1. The van der Waals surface area contributed by atoms with Crippen LogP contribution in [0.25, 0.3) is 0 Å². The smallest absolute Gasteiger partial charge is 0.0497 e. The molecule has 12 heavy (non-hydrogen) atoms. The predicted molar refractivity (Wildman–Crippen MR) is 51.3 cm³/mol. The average Bonchev–Trinajstić information content (AvgIpc) is 2.17. The fourth-order valence-electron chi connectivity index (χ4n) is 1.22. The van der Waals surface area contributed by atoms with E-state index in [2.05, 4.69) is 31.2 Å². The van der Waals surface area contributed by atoms with Gasteiger partial charge in [-0.05, 0) is 17.5 Å². The molecule has 0 radical (unpaired) electrons. The van der Waals surface area contributed by atoms with Crippen LogP contribution in [0.2, 0.25) is 0 Å². The van der Waals surface area contributed by atoms with E-state index in [1.54, 1.807) is 0 Å². The van der Waals surface area contributed by atoms with Crippen LogP contribution in [0.3, 0.4) is 0 Å². The molecule has 0 aliphatic carbocycles. The number of aliphatic hydroxyl groups is 1. The van der Waals surface area contributed by atoms with Crippen molar-refractivity contribution in [2.24, 2.45) is 0 Å². The summed E-state index contributed by atoms with van der Waals surface area (Å²) in [6.45, 7) is 4.41. The van der Waals surface area contributed by atoms with Crippen molar-refractivity contribution < 1.29 is 5.11 Å². The first kappa shape index (κ1) is 9.27. The number of benzene rings is 1. The van der Waals surface area contributed by atoms with Gasteiger partial charge >= 0.3 is 0 Å². The predicted octanol–water partition coefficient (Wildman–Crippen LogP) is 2.34. The molecule has 1 heteroatoms. The lowest BCUT2D eigenvalue weighted by atomic mass is 9.99. The molecule has 1 nitrogen and oxygen atoms in total. The Bertz CT molecular complexity index is 243. The molecular weight excluding hydrogens is 148 g/mol. The fraction of sp³-hybridized carbons (Fsp3) is 0.455. The van der Waals surface area contributed by atoms with Crippen LogP contribution in [-0.2, 0) is 6.42 Å². The first-order chi connectivity index (χ1) is 5.77. The highest BCUT2D eigenvalue weighted by molar-refractivity contribution is 5.25. The van der Waals surface area contributed by atoms with E-state index in [4.69, 9.17) is 5.11 Å². The molecule has 0 aliphatic heterocycles. The highest BCUT2D eigenvalue weighted by atomic mass is 16.3. The average molecular weight is 164 g/mol. The molecule has 1 aromatic carbocycles. The van der Waals surface area contributed by atoms with E-state index in [0.717, 1.165) is 6.42 Å². The van der Waals surface area contributed by atoms with E-state index < -0.39 is 0 Å². The van der Waals surface area contributed by atoms with Crippen molar-refractivity contribution in [1.82, 2.24) is 0 Å².